The highest BCUT2D eigenvalue weighted by molar-refractivity contribution is 5.95. The molecule has 0 bridgehead atoms. The number of amides is 2. The predicted molar refractivity (Wildman–Crippen MR) is 77.7 cm³/mol. The van der Waals surface area contributed by atoms with Gasteiger partial charge in [0.15, 0.2) is 0 Å². The molecule has 0 radical (unpaired) electrons. The molecular formula is C16H24N2O2. The Hall–Kier alpha value is -1.50. The molecule has 0 spiro atoms. The van der Waals surface area contributed by atoms with Crippen LogP contribution in [0.25, 0.3) is 0 Å². The molecule has 1 saturated heterocycles. The molecule has 1 N–H and O–H groups in total. The van der Waals surface area contributed by atoms with Crippen LogP contribution < -0.4 is 5.32 Å². The van der Waals surface area contributed by atoms with Crippen LogP contribution in [0.1, 0.15) is 51.9 Å². The zero-order chi connectivity index (χ0) is 14.5. The molecular weight excluding hydrogens is 252 g/mol. The summed E-state index contributed by atoms with van der Waals surface area (Å²) in [5, 5.41) is 2.89. The maximum atomic E-state index is 12.7. The lowest BCUT2D eigenvalue weighted by Crippen LogP contribution is -2.62. The van der Waals surface area contributed by atoms with E-state index in [2.05, 4.69) is 11.2 Å². The van der Waals surface area contributed by atoms with Crippen LogP contribution >= 0.6 is 0 Å². The Kier molecular flexibility index (Phi) is 5.05. The molecule has 2 rings (SSSR count). The number of nitrogens with zero attached hydrogens (tertiary/aromatic N) is 1. The topological polar surface area (TPSA) is 49.4 Å². The molecule has 4 heteroatoms. The Bertz CT molecular complexity index is 407. The molecule has 1 saturated carbocycles. The summed E-state index contributed by atoms with van der Waals surface area (Å²) in [7, 11) is 0. The van der Waals surface area contributed by atoms with E-state index in [1.54, 1.807) is 4.90 Å². The fraction of sp³-hybridized carbons (Fsp3) is 0.750. The van der Waals surface area contributed by atoms with Gasteiger partial charge in [-0.2, -0.15) is 0 Å². The summed E-state index contributed by atoms with van der Waals surface area (Å²) < 4.78 is 0. The normalized spacial score (nSPS) is 26.0. The highest BCUT2D eigenvalue weighted by Gasteiger charge is 2.40. The first-order valence-electron chi connectivity index (χ1n) is 7.73. The molecule has 4 nitrogen and oxygen atoms in total. The van der Waals surface area contributed by atoms with E-state index in [0.29, 0.717) is 0 Å². The smallest absolute Gasteiger partial charge is 0.246 e. The highest BCUT2D eigenvalue weighted by Crippen LogP contribution is 2.29. The lowest BCUT2D eigenvalue weighted by atomic mass is 9.82. The SMILES string of the molecule is C#CC(CCC)N1CC(=O)NC(C2CCCCC2)C1=O. The summed E-state index contributed by atoms with van der Waals surface area (Å²) >= 11 is 0. The van der Waals surface area contributed by atoms with Gasteiger partial charge < -0.3 is 10.2 Å². The Morgan fingerprint density at radius 2 is 2.05 bits per heavy atom. The number of piperazine rings is 1. The van der Waals surface area contributed by atoms with E-state index >= 15 is 0 Å². The van der Waals surface area contributed by atoms with Gasteiger partial charge >= 0.3 is 0 Å². The summed E-state index contributed by atoms with van der Waals surface area (Å²) in [6.07, 6.45) is 12.8. The summed E-state index contributed by atoms with van der Waals surface area (Å²) in [6, 6.07) is -0.603. The van der Waals surface area contributed by atoms with Crippen LogP contribution in [0.3, 0.4) is 0 Å². The van der Waals surface area contributed by atoms with Crippen LogP contribution in [0.5, 0.6) is 0 Å². The van der Waals surface area contributed by atoms with Crippen molar-refractivity contribution in [3.8, 4) is 12.3 Å². The third-order valence-electron chi connectivity index (χ3n) is 4.43. The van der Waals surface area contributed by atoms with Crippen LogP contribution in [0.2, 0.25) is 0 Å². The fourth-order valence-corrected chi connectivity index (χ4v) is 3.35. The molecule has 20 heavy (non-hydrogen) atoms. The molecule has 2 amide bonds. The van der Waals surface area contributed by atoms with E-state index in [-0.39, 0.29) is 36.4 Å². The minimum Gasteiger partial charge on any atom is -0.342 e. The fourth-order valence-electron chi connectivity index (χ4n) is 3.35. The Morgan fingerprint density at radius 3 is 2.65 bits per heavy atom. The van der Waals surface area contributed by atoms with Crippen LogP contribution in [-0.4, -0.2) is 35.3 Å². The van der Waals surface area contributed by atoms with E-state index in [1.165, 1.54) is 6.42 Å². The lowest BCUT2D eigenvalue weighted by Gasteiger charge is -2.40. The van der Waals surface area contributed by atoms with Gasteiger partial charge in [-0.25, -0.2) is 0 Å². The van der Waals surface area contributed by atoms with Crippen molar-refractivity contribution in [2.24, 2.45) is 5.92 Å². The first-order chi connectivity index (χ1) is 9.67. The predicted octanol–water partition coefficient (Wildman–Crippen LogP) is 1.70. The molecule has 2 fully saturated rings. The number of rotatable bonds is 4. The first-order valence-corrected chi connectivity index (χ1v) is 7.73. The third kappa shape index (κ3) is 3.15. The Morgan fingerprint density at radius 1 is 1.35 bits per heavy atom. The number of carbonyl (C=O) groups is 2. The molecule has 0 aromatic rings. The van der Waals surface area contributed by atoms with Gasteiger partial charge in [0.2, 0.25) is 11.8 Å². The van der Waals surface area contributed by atoms with Crippen molar-refractivity contribution >= 4 is 11.8 Å². The largest absolute Gasteiger partial charge is 0.342 e. The number of hydrogen-bond acceptors (Lipinski definition) is 2. The summed E-state index contributed by atoms with van der Waals surface area (Å²) in [5.41, 5.74) is 0. The number of terminal acetylenes is 1. The summed E-state index contributed by atoms with van der Waals surface area (Å²) in [6.45, 7) is 2.15. The molecule has 0 aromatic heterocycles. The third-order valence-corrected chi connectivity index (χ3v) is 4.43. The van der Waals surface area contributed by atoms with E-state index in [1.807, 2.05) is 6.92 Å². The average Bonchev–Trinajstić information content (AvgIpc) is 2.48. The maximum Gasteiger partial charge on any atom is 0.246 e. The van der Waals surface area contributed by atoms with Crippen LogP contribution in [0.4, 0.5) is 0 Å². The average molecular weight is 276 g/mol. The van der Waals surface area contributed by atoms with E-state index < -0.39 is 0 Å². The van der Waals surface area contributed by atoms with Crippen molar-refractivity contribution < 1.29 is 9.59 Å². The zero-order valence-corrected chi connectivity index (χ0v) is 12.2. The molecule has 2 unspecified atom stereocenters. The second-order valence-corrected chi connectivity index (χ2v) is 5.88. The van der Waals surface area contributed by atoms with Gasteiger partial charge in [0, 0.05) is 0 Å². The van der Waals surface area contributed by atoms with Gasteiger partial charge in [0.05, 0.1) is 6.04 Å². The van der Waals surface area contributed by atoms with Crippen molar-refractivity contribution in [2.45, 2.75) is 64.0 Å². The van der Waals surface area contributed by atoms with Gasteiger partial charge in [0.1, 0.15) is 12.6 Å². The molecule has 110 valence electrons. The van der Waals surface area contributed by atoms with E-state index in [9.17, 15) is 9.59 Å². The van der Waals surface area contributed by atoms with E-state index in [4.69, 9.17) is 6.42 Å². The Labute approximate surface area is 121 Å². The standard InChI is InChI=1S/C16H24N2O2/c1-3-8-13(4-2)18-11-14(19)17-15(16(18)20)12-9-6-5-7-10-12/h2,12-13,15H,3,5-11H2,1H3,(H,17,19). The van der Waals surface area contributed by atoms with Gasteiger partial charge in [0.25, 0.3) is 0 Å². The maximum absolute atomic E-state index is 12.7. The van der Waals surface area contributed by atoms with Crippen molar-refractivity contribution in [2.75, 3.05) is 6.54 Å². The van der Waals surface area contributed by atoms with Crippen LogP contribution in [-0.2, 0) is 9.59 Å². The molecule has 2 atom stereocenters. The molecule has 1 heterocycles. The number of nitrogens with one attached hydrogen (secondary N) is 1. The van der Waals surface area contributed by atoms with Gasteiger partial charge in [-0.3, -0.25) is 9.59 Å². The monoisotopic (exact) mass is 276 g/mol. The molecule has 2 aliphatic rings. The van der Waals surface area contributed by atoms with Gasteiger partial charge in [-0.15, -0.1) is 6.42 Å². The van der Waals surface area contributed by atoms with Crippen molar-refractivity contribution in [1.82, 2.24) is 10.2 Å². The molecule has 1 aliphatic heterocycles. The van der Waals surface area contributed by atoms with Crippen molar-refractivity contribution in [1.29, 1.82) is 0 Å². The van der Waals surface area contributed by atoms with Gasteiger partial charge in [-0.05, 0) is 25.2 Å². The molecule has 1 aliphatic carbocycles. The first kappa shape index (κ1) is 14.9. The minimum absolute atomic E-state index is 0.0212. The van der Waals surface area contributed by atoms with E-state index in [0.717, 1.165) is 38.5 Å². The highest BCUT2D eigenvalue weighted by atomic mass is 16.2. The second-order valence-electron chi connectivity index (χ2n) is 5.88. The van der Waals surface area contributed by atoms with Crippen molar-refractivity contribution in [3.05, 3.63) is 0 Å². The van der Waals surface area contributed by atoms with Crippen molar-refractivity contribution in [3.63, 3.8) is 0 Å². The summed E-state index contributed by atoms with van der Waals surface area (Å²) in [5.74, 6) is 2.90. The number of carbonyl (C=O) groups excluding carboxylic acids is 2. The van der Waals surface area contributed by atoms with Crippen LogP contribution in [0, 0.1) is 18.3 Å². The lowest BCUT2D eigenvalue weighted by molar-refractivity contribution is -0.147. The molecule has 0 aromatic carbocycles. The number of hydrogen-bond donors (Lipinski definition) is 1. The summed E-state index contributed by atoms with van der Waals surface area (Å²) in [4.78, 5) is 26.2. The van der Waals surface area contributed by atoms with Gasteiger partial charge in [-0.1, -0.05) is 38.5 Å². The Balaban J connectivity index is 2.12. The quantitative estimate of drug-likeness (QED) is 0.795. The van der Waals surface area contributed by atoms with Crippen LogP contribution in [0.15, 0.2) is 0 Å². The minimum atomic E-state index is -0.357. The second kappa shape index (κ2) is 6.78. The zero-order valence-electron chi connectivity index (χ0n) is 12.2.